The molecule has 1 fully saturated rings. The van der Waals surface area contributed by atoms with Gasteiger partial charge in [0.25, 0.3) is 0 Å². The van der Waals surface area contributed by atoms with Gasteiger partial charge in [-0.05, 0) is 32.3 Å². The molecule has 4 heteroatoms. The van der Waals surface area contributed by atoms with Crippen LogP contribution in [0.2, 0.25) is 0 Å². The van der Waals surface area contributed by atoms with Crippen LogP contribution < -0.4 is 15.2 Å². The molecule has 2 atom stereocenters. The molecule has 2 N–H and O–H groups in total. The standard InChI is InChI=1S/C16H25NO3/c1-3-8-18-14-7-5-13(10-17)16(9-14)19-11-15-6-4-12(2)20-15/h5,7,9,12,15H,3-4,6,8,10-11,17H2,1-2H3. The van der Waals surface area contributed by atoms with Gasteiger partial charge in [0.05, 0.1) is 18.8 Å². The van der Waals surface area contributed by atoms with Crippen LogP contribution in [0.5, 0.6) is 11.5 Å². The molecular weight excluding hydrogens is 254 g/mol. The molecule has 0 radical (unpaired) electrons. The van der Waals surface area contributed by atoms with Gasteiger partial charge in [0, 0.05) is 18.2 Å². The molecule has 2 rings (SSSR count). The van der Waals surface area contributed by atoms with Gasteiger partial charge in [0.1, 0.15) is 18.1 Å². The SMILES string of the molecule is CCCOc1ccc(CN)c(OCC2CCC(C)O2)c1. The van der Waals surface area contributed by atoms with E-state index < -0.39 is 0 Å². The Morgan fingerprint density at radius 3 is 2.80 bits per heavy atom. The Morgan fingerprint density at radius 1 is 1.30 bits per heavy atom. The summed E-state index contributed by atoms with van der Waals surface area (Å²) >= 11 is 0. The first kappa shape index (κ1) is 15.1. The van der Waals surface area contributed by atoms with Crippen LogP contribution in [0.25, 0.3) is 0 Å². The fourth-order valence-electron chi connectivity index (χ4n) is 2.34. The zero-order valence-corrected chi connectivity index (χ0v) is 12.4. The molecule has 112 valence electrons. The summed E-state index contributed by atoms with van der Waals surface area (Å²) in [6.07, 6.45) is 3.69. The lowest BCUT2D eigenvalue weighted by Gasteiger charge is -2.16. The average Bonchev–Trinajstić information content (AvgIpc) is 2.88. The van der Waals surface area contributed by atoms with Gasteiger partial charge in [-0.2, -0.15) is 0 Å². The maximum Gasteiger partial charge on any atom is 0.127 e. The first-order valence-electron chi connectivity index (χ1n) is 7.47. The molecule has 1 aromatic rings. The number of hydrogen-bond acceptors (Lipinski definition) is 4. The molecule has 1 saturated heterocycles. The lowest BCUT2D eigenvalue weighted by Crippen LogP contribution is -2.18. The van der Waals surface area contributed by atoms with Crippen LogP contribution in [-0.2, 0) is 11.3 Å². The molecule has 0 spiro atoms. The van der Waals surface area contributed by atoms with E-state index in [1.54, 1.807) is 0 Å². The van der Waals surface area contributed by atoms with Gasteiger partial charge in [-0.3, -0.25) is 0 Å². The first-order chi connectivity index (χ1) is 9.72. The Hall–Kier alpha value is -1.26. The third-order valence-corrected chi connectivity index (χ3v) is 3.48. The molecule has 0 amide bonds. The molecule has 4 nitrogen and oxygen atoms in total. The minimum absolute atomic E-state index is 0.191. The van der Waals surface area contributed by atoms with Crippen LogP contribution in [0.4, 0.5) is 0 Å². The molecule has 20 heavy (non-hydrogen) atoms. The van der Waals surface area contributed by atoms with Crippen LogP contribution in [0.1, 0.15) is 38.7 Å². The van der Waals surface area contributed by atoms with E-state index in [1.807, 2.05) is 18.2 Å². The van der Waals surface area contributed by atoms with Crippen molar-refractivity contribution in [3.63, 3.8) is 0 Å². The summed E-state index contributed by atoms with van der Waals surface area (Å²) < 4.78 is 17.3. The molecule has 1 aromatic carbocycles. The van der Waals surface area contributed by atoms with Gasteiger partial charge in [-0.25, -0.2) is 0 Å². The number of rotatable bonds is 7. The highest BCUT2D eigenvalue weighted by Crippen LogP contribution is 2.26. The Morgan fingerprint density at radius 2 is 2.15 bits per heavy atom. The molecule has 1 aliphatic heterocycles. The van der Waals surface area contributed by atoms with Crippen LogP contribution >= 0.6 is 0 Å². The van der Waals surface area contributed by atoms with E-state index >= 15 is 0 Å². The summed E-state index contributed by atoms with van der Waals surface area (Å²) in [6, 6.07) is 5.84. The van der Waals surface area contributed by atoms with E-state index in [-0.39, 0.29) is 6.10 Å². The normalized spacial score (nSPS) is 21.9. The van der Waals surface area contributed by atoms with Crippen molar-refractivity contribution in [1.29, 1.82) is 0 Å². The van der Waals surface area contributed by atoms with E-state index in [0.717, 1.165) is 36.3 Å². The minimum Gasteiger partial charge on any atom is -0.493 e. The number of ether oxygens (including phenoxy) is 3. The highest BCUT2D eigenvalue weighted by Gasteiger charge is 2.22. The van der Waals surface area contributed by atoms with Crippen molar-refractivity contribution < 1.29 is 14.2 Å². The molecule has 0 aliphatic carbocycles. The van der Waals surface area contributed by atoms with Gasteiger partial charge >= 0.3 is 0 Å². The van der Waals surface area contributed by atoms with E-state index in [0.29, 0.717) is 25.9 Å². The molecule has 0 bridgehead atoms. The zero-order chi connectivity index (χ0) is 14.4. The second-order valence-corrected chi connectivity index (χ2v) is 5.28. The predicted octanol–water partition coefficient (Wildman–Crippen LogP) is 2.88. The quantitative estimate of drug-likeness (QED) is 0.834. The Balaban J connectivity index is 1.96. The third-order valence-electron chi connectivity index (χ3n) is 3.48. The number of benzene rings is 1. The lowest BCUT2D eigenvalue weighted by atomic mass is 10.2. The molecule has 0 saturated carbocycles. The summed E-state index contributed by atoms with van der Waals surface area (Å²) in [5.74, 6) is 1.64. The summed E-state index contributed by atoms with van der Waals surface area (Å²) in [6.45, 7) is 5.94. The third kappa shape index (κ3) is 4.12. The van der Waals surface area contributed by atoms with Gasteiger partial charge in [0.2, 0.25) is 0 Å². The lowest BCUT2D eigenvalue weighted by molar-refractivity contribution is 0.0262. The van der Waals surface area contributed by atoms with E-state index in [1.165, 1.54) is 0 Å². The average molecular weight is 279 g/mol. The molecule has 1 heterocycles. The summed E-state index contributed by atoms with van der Waals surface area (Å²) in [5, 5.41) is 0. The Labute approximate surface area is 121 Å². The van der Waals surface area contributed by atoms with Gasteiger partial charge in [-0.1, -0.05) is 13.0 Å². The van der Waals surface area contributed by atoms with Crippen LogP contribution in [-0.4, -0.2) is 25.4 Å². The van der Waals surface area contributed by atoms with Crippen molar-refractivity contribution >= 4 is 0 Å². The largest absolute Gasteiger partial charge is 0.493 e. The zero-order valence-electron chi connectivity index (χ0n) is 12.4. The van der Waals surface area contributed by atoms with Crippen molar-refractivity contribution in [3.05, 3.63) is 23.8 Å². The predicted molar refractivity (Wildman–Crippen MR) is 79.2 cm³/mol. The van der Waals surface area contributed by atoms with E-state index in [4.69, 9.17) is 19.9 Å². The molecule has 0 aromatic heterocycles. The second kappa shape index (κ2) is 7.50. The van der Waals surface area contributed by atoms with Crippen molar-refractivity contribution in [2.45, 2.75) is 51.9 Å². The highest BCUT2D eigenvalue weighted by molar-refractivity contribution is 5.40. The van der Waals surface area contributed by atoms with Crippen molar-refractivity contribution in [2.75, 3.05) is 13.2 Å². The summed E-state index contributed by atoms with van der Waals surface area (Å²) in [7, 11) is 0. The number of hydrogen-bond donors (Lipinski definition) is 1. The van der Waals surface area contributed by atoms with Gasteiger partial charge < -0.3 is 19.9 Å². The van der Waals surface area contributed by atoms with Crippen molar-refractivity contribution in [1.82, 2.24) is 0 Å². The van der Waals surface area contributed by atoms with Crippen LogP contribution in [0.3, 0.4) is 0 Å². The smallest absolute Gasteiger partial charge is 0.127 e. The highest BCUT2D eigenvalue weighted by atomic mass is 16.5. The van der Waals surface area contributed by atoms with Gasteiger partial charge in [-0.15, -0.1) is 0 Å². The molecular formula is C16H25NO3. The maximum absolute atomic E-state index is 5.90. The van der Waals surface area contributed by atoms with Crippen molar-refractivity contribution in [2.24, 2.45) is 5.73 Å². The second-order valence-electron chi connectivity index (χ2n) is 5.28. The van der Waals surface area contributed by atoms with E-state index in [2.05, 4.69) is 13.8 Å². The summed E-state index contributed by atoms with van der Waals surface area (Å²) in [4.78, 5) is 0. The Kier molecular flexibility index (Phi) is 5.68. The summed E-state index contributed by atoms with van der Waals surface area (Å²) in [5.41, 5.74) is 6.75. The number of nitrogens with two attached hydrogens (primary N) is 1. The van der Waals surface area contributed by atoms with Crippen LogP contribution in [0.15, 0.2) is 18.2 Å². The van der Waals surface area contributed by atoms with E-state index in [9.17, 15) is 0 Å². The fourth-order valence-corrected chi connectivity index (χ4v) is 2.34. The first-order valence-corrected chi connectivity index (χ1v) is 7.47. The maximum atomic E-state index is 5.90. The fraction of sp³-hybridized carbons (Fsp3) is 0.625. The topological polar surface area (TPSA) is 53.7 Å². The minimum atomic E-state index is 0.191. The molecule has 1 aliphatic rings. The molecule has 2 unspecified atom stereocenters. The van der Waals surface area contributed by atoms with Crippen molar-refractivity contribution in [3.8, 4) is 11.5 Å². The van der Waals surface area contributed by atoms with Crippen LogP contribution in [0, 0.1) is 0 Å². The van der Waals surface area contributed by atoms with Gasteiger partial charge in [0.15, 0.2) is 0 Å². The monoisotopic (exact) mass is 279 g/mol. The Bertz CT molecular complexity index is 422.